The number of rotatable bonds is 3. The van der Waals surface area contributed by atoms with Crippen LogP contribution in [0.5, 0.6) is 17.2 Å². The number of thiocyanates is 1. The Hall–Kier alpha value is -0.564. The number of esters is 1. The summed E-state index contributed by atoms with van der Waals surface area (Å²) in [6.45, 7) is 2.11. The Morgan fingerprint density at radius 1 is 1.37 bits per heavy atom. The van der Waals surface area contributed by atoms with Gasteiger partial charge in [0, 0.05) is 0 Å². The molecular weight excluding hydrogens is 297 g/mol. The minimum atomic E-state index is -0.651. The van der Waals surface area contributed by atoms with Crippen LogP contribution in [0.3, 0.4) is 0 Å². The summed E-state index contributed by atoms with van der Waals surface area (Å²) in [6.07, 6.45) is 0.682. The van der Waals surface area contributed by atoms with Gasteiger partial charge in [-0.15, -0.1) is 0 Å². The molecular formula is C11H12KNO5S. The summed E-state index contributed by atoms with van der Waals surface area (Å²) in [5, 5.41) is 35.8. The van der Waals surface area contributed by atoms with Crippen LogP contribution in [0.15, 0.2) is 12.1 Å². The molecule has 0 fully saturated rings. The van der Waals surface area contributed by atoms with E-state index in [4.69, 9.17) is 25.3 Å². The number of phenols is 3. The van der Waals surface area contributed by atoms with E-state index in [0.29, 0.717) is 6.42 Å². The Morgan fingerprint density at radius 2 is 1.79 bits per heavy atom. The normalized spacial score (nSPS) is 8.21. The molecule has 0 unspecified atom stereocenters. The van der Waals surface area contributed by atoms with Crippen LogP contribution in [0.25, 0.3) is 0 Å². The number of nitrogens with zero attached hydrogens (tertiary/aromatic N) is 1. The van der Waals surface area contributed by atoms with Crippen molar-refractivity contribution in [2.75, 3.05) is 6.61 Å². The third kappa shape index (κ3) is 7.56. The van der Waals surface area contributed by atoms with Gasteiger partial charge in [-0.3, -0.25) is 0 Å². The van der Waals surface area contributed by atoms with E-state index >= 15 is 0 Å². The van der Waals surface area contributed by atoms with Gasteiger partial charge >= 0.3 is 57.4 Å². The molecule has 98 valence electrons. The first-order valence-corrected chi connectivity index (χ1v) is 5.32. The van der Waals surface area contributed by atoms with Gasteiger partial charge in [0.1, 0.15) is 0 Å². The van der Waals surface area contributed by atoms with E-state index in [9.17, 15) is 4.79 Å². The molecule has 0 saturated carbocycles. The van der Waals surface area contributed by atoms with E-state index in [1.807, 2.05) is 6.92 Å². The second-order valence-electron chi connectivity index (χ2n) is 3.09. The van der Waals surface area contributed by atoms with Crippen LogP contribution in [-0.2, 0) is 17.4 Å². The number of hydrogen-bond donors (Lipinski definition) is 3. The molecule has 1 rings (SSSR count). The minimum absolute atomic E-state index is 0. The van der Waals surface area contributed by atoms with Gasteiger partial charge in [-0.25, -0.2) is 10.1 Å². The summed E-state index contributed by atoms with van der Waals surface area (Å²) in [4.78, 5) is 11.3. The molecule has 0 amide bonds. The summed E-state index contributed by atoms with van der Waals surface area (Å²) < 4.78 is 4.78. The quantitative estimate of drug-likeness (QED) is 0.202. The van der Waals surface area contributed by atoms with Gasteiger partial charge < -0.3 is 32.7 Å². The molecule has 0 atom stereocenters. The Morgan fingerprint density at radius 3 is 2.16 bits per heavy atom. The predicted molar refractivity (Wildman–Crippen MR) is 65.0 cm³/mol. The summed E-state index contributed by atoms with van der Waals surface area (Å²) in [7, 11) is 0. The Kier molecular flexibility index (Phi) is 12.3. The molecule has 0 heterocycles. The van der Waals surface area contributed by atoms with Crippen LogP contribution in [0.1, 0.15) is 23.7 Å². The third-order valence-electron chi connectivity index (χ3n) is 1.74. The topological polar surface area (TPSA) is 111 Å². The number of carbonyl (C=O) groups excluding carboxylic acids is 1. The fraction of sp³-hybridized carbons (Fsp3) is 0.273. The standard InChI is InChI=1S/C10H12O5.CHNS.K/c1-2-3-15-10(14)6-4-7(11)9(13)8(12)5-6;2-1-3;/h4-5,11-13H,2-3H2,1H3;3H;/q;;+1/p-1. The Balaban J connectivity index is 0. The van der Waals surface area contributed by atoms with Crippen molar-refractivity contribution in [2.45, 2.75) is 13.3 Å². The zero-order chi connectivity index (χ0) is 14.1. The predicted octanol–water partition coefficient (Wildman–Crippen LogP) is -1.61. The van der Waals surface area contributed by atoms with E-state index in [0.717, 1.165) is 12.1 Å². The van der Waals surface area contributed by atoms with Crippen molar-refractivity contribution in [3.05, 3.63) is 17.7 Å². The van der Waals surface area contributed by atoms with Gasteiger partial charge in [-0.1, -0.05) is 12.3 Å². The molecule has 0 aliphatic heterocycles. The van der Waals surface area contributed by atoms with Crippen molar-refractivity contribution in [1.29, 1.82) is 5.26 Å². The van der Waals surface area contributed by atoms with Crippen molar-refractivity contribution < 1.29 is 76.2 Å². The average Bonchev–Trinajstić information content (AvgIpc) is 2.33. The number of phenolic OH excluding ortho intramolecular Hbond substituents is 3. The summed E-state index contributed by atoms with van der Waals surface area (Å²) in [5.74, 6) is -2.42. The van der Waals surface area contributed by atoms with Crippen LogP contribution >= 0.6 is 0 Å². The van der Waals surface area contributed by atoms with Gasteiger partial charge in [0.15, 0.2) is 17.2 Å². The van der Waals surface area contributed by atoms with Crippen LogP contribution in [0.4, 0.5) is 0 Å². The van der Waals surface area contributed by atoms with Gasteiger partial charge in [0.25, 0.3) is 0 Å². The van der Waals surface area contributed by atoms with E-state index in [1.54, 1.807) is 0 Å². The first kappa shape index (κ1) is 20.7. The molecule has 0 spiro atoms. The van der Waals surface area contributed by atoms with Crippen molar-refractivity contribution in [1.82, 2.24) is 0 Å². The van der Waals surface area contributed by atoms with Crippen LogP contribution < -0.4 is 51.4 Å². The molecule has 0 saturated heterocycles. The Labute approximate surface area is 158 Å². The molecule has 0 bridgehead atoms. The number of nitriles is 1. The number of ether oxygens (including phenoxy) is 1. The first-order valence-electron chi connectivity index (χ1n) is 4.91. The fourth-order valence-electron chi connectivity index (χ4n) is 1.00. The van der Waals surface area contributed by atoms with E-state index < -0.39 is 23.2 Å². The van der Waals surface area contributed by atoms with Crippen molar-refractivity contribution in [3.8, 4) is 22.6 Å². The average molecular weight is 309 g/mol. The van der Waals surface area contributed by atoms with Crippen LogP contribution in [-0.4, -0.2) is 27.9 Å². The monoisotopic (exact) mass is 309 g/mol. The number of hydrogen-bond acceptors (Lipinski definition) is 7. The van der Waals surface area contributed by atoms with Crippen LogP contribution in [0, 0.1) is 10.7 Å². The molecule has 19 heavy (non-hydrogen) atoms. The van der Waals surface area contributed by atoms with Crippen molar-refractivity contribution in [2.24, 2.45) is 0 Å². The molecule has 0 aromatic heterocycles. The zero-order valence-corrected chi connectivity index (χ0v) is 14.5. The second-order valence-corrected chi connectivity index (χ2v) is 3.27. The smallest absolute Gasteiger partial charge is 0.696 e. The van der Waals surface area contributed by atoms with Crippen molar-refractivity contribution in [3.63, 3.8) is 0 Å². The van der Waals surface area contributed by atoms with Gasteiger partial charge in [0.05, 0.1) is 12.2 Å². The summed E-state index contributed by atoms with van der Waals surface area (Å²) >= 11 is 3.70. The zero-order valence-electron chi connectivity index (χ0n) is 10.6. The SMILES string of the molecule is CCCOC(=O)c1cc(O)c(O)c(O)c1.N#C[S-].[K+]. The molecule has 0 aliphatic carbocycles. The Bertz CT molecular complexity index is 438. The van der Waals surface area contributed by atoms with Gasteiger partial charge in [-0.2, -0.15) is 0 Å². The third-order valence-corrected chi connectivity index (χ3v) is 1.74. The molecule has 6 nitrogen and oxygen atoms in total. The second kappa shape index (κ2) is 11.3. The van der Waals surface area contributed by atoms with E-state index in [1.165, 1.54) is 5.40 Å². The van der Waals surface area contributed by atoms with Gasteiger partial charge in [-0.05, 0) is 18.6 Å². The maximum Gasteiger partial charge on any atom is 1.00 e. The molecule has 8 heteroatoms. The van der Waals surface area contributed by atoms with Gasteiger partial charge in [0.2, 0.25) is 0 Å². The molecule has 1 aromatic carbocycles. The number of aromatic hydroxyl groups is 3. The number of benzene rings is 1. The number of carbonyl (C=O) groups is 1. The van der Waals surface area contributed by atoms with Crippen molar-refractivity contribution >= 4 is 18.6 Å². The van der Waals surface area contributed by atoms with E-state index in [2.05, 4.69) is 12.6 Å². The van der Waals surface area contributed by atoms with Crippen LogP contribution in [0.2, 0.25) is 0 Å². The molecule has 0 radical (unpaired) electrons. The largest absolute Gasteiger partial charge is 1.00 e. The molecule has 0 aliphatic rings. The molecule has 3 N–H and O–H groups in total. The maximum absolute atomic E-state index is 11.3. The molecule has 1 aromatic rings. The first-order chi connectivity index (χ1) is 8.47. The maximum atomic E-state index is 11.3. The summed E-state index contributed by atoms with van der Waals surface area (Å²) in [5.41, 5.74) is -0.00347. The summed E-state index contributed by atoms with van der Waals surface area (Å²) in [6, 6.07) is 2.07. The minimum Gasteiger partial charge on any atom is -0.696 e. The fourth-order valence-corrected chi connectivity index (χ4v) is 1.00. The van der Waals surface area contributed by atoms with E-state index in [-0.39, 0.29) is 63.6 Å².